The second-order valence-electron chi connectivity index (χ2n) is 4.72. The highest BCUT2D eigenvalue weighted by Gasteiger charge is 2.37. The first kappa shape index (κ1) is 11.3. The van der Waals surface area contributed by atoms with Gasteiger partial charge < -0.3 is 11.1 Å². The predicted molar refractivity (Wildman–Crippen MR) is 65.5 cm³/mol. The van der Waals surface area contributed by atoms with Crippen LogP contribution in [0.15, 0.2) is 18.2 Å². The molecule has 0 bridgehead atoms. The number of anilines is 1. The van der Waals surface area contributed by atoms with E-state index in [4.69, 9.17) is 17.3 Å². The summed E-state index contributed by atoms with van der Waals surface area (Å²) in [6, 6.07) is 4.92. The van der Waals surface area contributed by atoms with Crippen LogP contribution in [0.3, 0.4) is 0 Å². The standard InChI is InChI=1S/C12H15ClN2O/c1-12(4-5-12)7-15-11(16)9-6-8(13)2-3-10(9)14/h2-3,6H,4-5,7,14H2,1H3,(H,15,16). The molecule has 3 N–H and O–H groups in total. The minimum absolute atomic E-state index is 0.145. The van der Waals surface area contributed by atoms with E-state index in [2.05, 4.69) is 12.2 Å². The maximum absolute atomic E-state index is 11.8. The van der Waals surface area contributed by atoms with E-state index in [1.807, 2.05) is 0 Å². The van der Waals surface area contributed by atoms with E-state index in [-0.39, 0.29) is 5.91 Å². The van der Waals surface area contributed by atoms with Gasteiger partial charge in [0.15, 0.2) is 0 Å². The summed E-state index contributed by atoms with van der Waals surface area (Å²) in [6.45, 7) is 2.87. The molecule has 0 spiro atoms. The van der Waals surface area contributed by atoms with Crippen LogP contribution in [0.1, 0.15) is 30.1 Å². The summed E-state index contributed by atoms with van der Waals surface area (Å²) in [5.74, 6) is -0.145. The number of nitrogens with one attached hydrogen (secondary N) is 1. The molecular formula is C12H15ClN2O. The third-order valence-electron chi connectivity index (χ3n) is 3.04. The van der Waals surface area contributed by atoms with Gasteiger partial charge in [-0.1, -0.05) is 18.5 Å². The molecule has 0 radical (unpaired) electrons. The maximum atomic E-state index is 11.8. The number of amides is 1. The van der Waals surface area contributed by atoms with Gasteiger partial charge in [-0.3, -0.25) is 4.79 Å². The first-order chi connectivity index (χ1) is 7.50. The molecule has 1 aromatic carbocycles. The number of halogens is 1. The van der Waals surface area contributed by atoms with Crippen LogP contribution in [-0.2, 0) is 0 Å². The lowest BCUT2D eigenvalue weighted by molar-refractivity contribution is 0.0947. The highest BCUT2D eigenvalue weighted by molar-refractivity contribution is 6.31. The molecule has 1 aliphatic rings. The van der Waals surface area contributed by atoms with Gasteiger partial charge in [0.1, 0.15) is 0 Å². The van der Waals surface area contributed by atoms with Crippen LogP contribution in [0.2, 0.25) is 5.02 Å². The summed E-state index contributed by atoms with van der Waals surface area (Å²) in [6.07, 6.45) is 2.36. The number of carbonyl (C=O) groups is 1. The zero-order valence-electron chi connectivity index (χ0n) is 9.22. The topological polar surface area (TPSA) is 55.1 Å². The van der Waals surface area contributed by atoms with Gasteiger partial charge in [0.2, 0.25) is 0 Å². The van der Waals surface area contributed by atoms with Crippen molar-refractivity contribution in [3.8, 4) is 0 Å². The third kappa shape index (κ3) is 2.47. The second kappa shape index (κ2) is 3.98. The van der Waals surface area contributed by atoms with Crippen LogP contribution < -0.4 is 11.1 Å². The van der Waals surface area contributed by atoms with Gasteiger partial charge >= 0.3 is 0 Å². The summed E-state index contributed by atoms with van der Waals surface area (Å²) >= 11 is 5.83. The number of hydrogen-bond acceptors (Lipinski definition) is 2. The first-order valence-corrected chi connectivity index (χ1v) is 5.71. The van der Waals surface area contributed by atoms with E-state index >= 15 is 0 Å². The molecule has 1 aromatic rings. The molecule has 3 nitrogen and oxygen atoms in total. The molecule has 1 saturated carbocycles. The van der Waals surface area contributed by atoms with Gasteiger partial charge in [-0.15, -0.1) is 0 Å². The summed E-state index contributed by atoms with van der Waals surface area (Å²) in [5.41, 5.74) is 6.94. The highest BCUT2D eigenvalue weighted by Crippen LogP contribution is 2.44. The molecule has 0 unspecified atom stereocenters. The molecule has 1 fully saturated rings. The zero-order valence-corrected chi connectivity index (χ0v) is 9.97. The van der Waals surface area contributed by atoms with Crippen LogP contribution in [0.25, 0.3) is 0 Å². The molecule has 16 heavy (non-hydrogen) atoms. The summed E-state index contributed by atoms with van der Waals surface area (Å²) < 4.78 is 0. The fourth-order valence-corrected chi connectivity index (χ4v) is 1.68. The van der Waals surface area contributed by atoms with E-state index in [1.165, 1.54) is 12.8 Å². The Labute approximate surface area is 100.0 Å². The van der Waals surface area contributed by atoms with Gasteiger partial charge in [-0.25, -0.2) is 0 Å². The van der Waals surface area contributed by atoms with Gasteiger partial charge in [-0.2, -0.15) is 0 Å². The molecule has 4 heteroatoms. The Hall–Kier alpha value is -1.22. The van der Waals surface area contributed by atoms with E-state index < -0.39 is 0 Å². The average molecular weight is 239 g/mol. The van der Waals surface area contributed by atoms with Gasteiger partial charge in [-0.05, 0) is 36.5 Å². The fourth-order valence-electron chi connectivity index (χ4n) is 1.50. The van der Waals surface area contributed by atoms with Crippen molar-refractivity contribution in [1.82, 2.24) is 5.32 Å². The minimum atomic E-state index is -0.145. The molecule has 2 rings (SSSR count). The van der Waals surface area contributed by atoms with Gasteiger partial charge in [0, 0.05) is 17.3 Å². The van der Waals surface area contributed by atoms with E-state index in [9.17, 15) is 4.79 Å². The second-order valence-corrected chi connectivity index (χ2v) is 5.16. The number of benzene rings is 1. The van der Waals surface area contributed by atoms with E-state index in [0.29, 0.717) is 28.2 Å². The molecule has 0 saturated heterocycles. The van der Waals surface area contributed by atoms with Crippen molar-refractivity contribution < 1.29 is 4.79 Å². The van der Waals surface area contributed by atoms with Crippen LogP contribution in [0.5, 0.6) is 0 Å². The maximum Gasteiger partial charge on any atom is 0.253 e. The molecule has 0 heterocycles. The highest BCUT2D eigenvalue weighted by atomic mass is 35.5. The predicted octanol–water partition coefficient (Wildman–Crippen LogP) is 2.45. The Kier molecular flexibility index (Phi) is 2.80. The number of nitrogens with two attached hydrogens (primary N) is 1. The van der Waals surface area contributed by atoms with Crippen LogP contribution in [-0.4, -0.2) is 12.5 Å². The SMILES string of the molecule is CC1(CNC(=O)c2cc(Cl)ccc2N)CC1. The van der Waals surface area contributed by atoms with Crippen LogP contribution >= 0.6 is 11.6 Å². The largest absolute Gasteiger partial charge is 0.398 e. The Balaban J connectivity index is 2.05. The first-order valence-electron chi connectivity index (χ1n) is 5.33. The molecule has 0 aliphatic heterocycles. The van der Waals surface area contributed by atoms with Crippen molar-refractivity contribution in [2.75, 3.05) is 12.3 Å². The Morgan fingerprint density at radius 2 is 2.25 bits per heavy atom. The summed E-state index contributed by atoms with van der Waals surface area (Å²) in [4.78, 5) is 11.8. The van der Waals surface area contributed by atoms with Crippen molar-refractivity contribution >= 4 is 23.2 Å². The van der Waals surface area contributed by atoms with Crippen molar-refractivity contribution in [2.24, 2.45) is 5.41 Å². The monoisotopic (exact) mass is 238 g/mol. The summed E-state index contributed by atoms with van der Waals surface area (Å²) in [5, 5.41) is 3.42. The molecule has 1 amide bonds. The molecule has 0 aromatic heterocycles. The van der Waals surface area contributed by atoms with Crippen LogP contribution in [0.4, 0.5) is 5.69 Å². The lowest BCUT2D eigenvalue weighted by Crippen LogP contribution is -2.29. The minimum Gasteiger partial charge on any atom is -0.398 e. The molecule has 86 valence electrons. The number of carbonyl (C=O) groups excluding carboxylic acids is 1. The van der Waals surface area contributed by atoms with E-state index in [1.54, 1.807) is 18.2 Å². The third-order valence-corrected chi connectivity index (χ3v) is 3.27. The van der Waals surface area contributed by atoms with Gasteiger partial charge in [0.25, 0.3) is 5.91 Å². The van der Waals surface area contributed by atoms with E-state index in [0.717, 1.165) is 0 Å². The number of nitrogen functional groups attached to an aromatic ring is 1. The van der Waals surface area contributed by atoms with Crippen molar-refractivity contribution in [3.63, 3.8) is 0 Å². The number of rotatable bonds is 3. The Bertz CT molecular complexity index is 427. The Morgan fingerprint density at radius 1 is 1.56 bits per heavy atom. The van der Waals surface area contributed by atoms with Crippen molar-refractivity contribution in [1.29, 1.82) is 0 Å². The lowest BCUT2D eigenvalue weighted by Gasteiger charge is -2.11. The fraction of sp³-hybridized carbons (Fsp3) is 0.417. The quantitative estimate of drug-likeness (QED) is 0.795. The number of hydrogen-bond donors (Lipinski definition) is 2. The summed E-state index contributed by atoms with van der Waals surface area (Å²) in [7, 11) is 0. The molecular weight excluding hydrogens is 224 g/mol. The smallest absolute Gasteiger partial charge is 0.253 e. The zero-order chi connectivity index (χ0) is 11.8. The lowest BCUT2D eigenvalue weighted by atomic mass is 10.1. The molecule has 0 atom stereocenters. The van der Waals surface area contributed by atoms with Crippen molar-refractivity contribution in [2.45, 2.75) is 19.8 Å². The average Bonchev–Trinajstić information content (AvgIpc) is 2.97. The van der Waals surface area contributed by atoms with Gasteiger partial charge in [0.05, 0.1) is 5.56 Å². The molecule has 1 aliphatic carbocycles. The Morgan fingerprint density at radius 3 is 2.88 bits per heavy atom. The van der Waals surface area contributed by atoms with Crippen LogP contribution in [0, 0.1) is 5.41 Å². The van der Waals surface area contributed by atoms with Crippen molar-refractivity contribution in [3.05, 3.63) is 28.8 Å². The normalized spacial score (nSPS) is 16.9.